The summed E-state index contributed by atoms with van der Waals surface area (Å²) in [6.07, 6.45) is 0. The highest BCUT2D eigenvalue weighted by atomic mass is 35.5. The van der Waals surface area contributed by atoms with Crippen LogP contribution in [0.25, 0.3) is 0 Å². The number of Topliss-reactive ketones (excluding diaryl/α,β-unsaturated/α-hetero) is 1. The number of likely N-dealkylation sites (N-methyl/N-ethyl adjacent to an activating group) is 1. The van der Waals surface area contributed by atoms with E-state index in [0.29, 0.717) is 16.3 Å². The third-order valence-corrected chi connectivity index (χ3v) is 4.14. The minimum absolute atomic E-state index is 0.0431. The predicted octanol–water partition coefficient (Wildman–Crippen LogP) is 4.14. The van der Waals surface area contributed by atoms with Crippen LogP contribution in [0.1, 0.15) is 35.8 Å². The Labute approximate surface area is 147 Å². The molecule has 0 saturated heterocycles. The van der Waals surface area contributed by atoms with Gasteiger partial charge in [0, 0.05) is 17.6 Å². The fraction of sp³-hybridized carbons (Fsp3) is 0.263. The van der Waals surface area contributed by atoms with E-state index in [-0.39, 0.29) is 24.3 Å². The first-order valence-corrected chi connectivity index (χ1v) is 8.01. The van der Waals surface area contributed by atoms with Crippen LogP contribution in [0.2, 0.25) is 5.02 Å². The number of ketones is 1. The lowest BCUT2D eigenvalue weighted by atomic mass is 10.1. The average molecular weight is 346 g/mol. The summed E-state index contributed by atoms with van der Waals surface area (Å²) >= 11 is 6.00. The molecule has 0 saturated carbocycles. The van der Waals surface area contributed by atoms with Crippen LogP contribution in [0.15, 0.2) is 48.5 Å². The molecule has 0 radical (unpaired) electrons. The van der Waals surface area contributed by atoms with Crippen LogP contribution in [-0.2, 0) is 4.79 Å². The molecule has 0 aliphatic rings. The fourth-order valence-corrected chi connectivity index (χ4v) is 2.46. The molecule has 1 atom stereocenters. The molecule has 0 spiro atoms. The predicted molar refractivity (Wildman–Crippen MR) is 94.6 cm³/mol. The first kappa shape index (κ1) is 18.0. The maximum atomic E-state index is 12.3. The Bertz CT molecular complexity index is 745. The smallest absolute Gasteiger partial charge is 0.260 e. The van der Waals surface area contributed by atoms with Crippen LogP contribution >= 0.6 is 11.6 Å². The molecule has 0 N–H and O–H groups in total. The lowest BCUT2D eigenvalue weighted by Crippen LogP contribution is -2.33. The summed E-state index contributed by atoms with van der Waals surface area (Å²) in [7, 11) is 1.73. The van der Waals surface area contributed by atoms with Gasteiger partial charge in [0.05, 0.1) is 6.04 Å². The second-order valence-corrected chi connectivity index (χ2v) is 6.04. The van der Waals surface area contributed by atoms with Crippen LogP contribution in [0.5, 0.6) is 5.75 Å². The minimum atomic E-state index is -0.157. The van der Waals surface area contributed by atoms with Gasteiger partial charge in [0.1, 0.15) is 5.75 Å². The van der Waals surface area contributed by atoms with Crippen molar-refractivity contribution in [3.63, 3.8) is 0 Å². The van der Waals surface area contributed by atoms with Gasteiger partial charge in [0.15, 0.2) is 12.4 Å². The molecule has 24 heavy (non-hydrogen) atoms. The highest BCUT2D eigenvalue weighted by Crippen LogP contribution is 2.22. The fourth-order valence-electron chi connectivity index (χ4n) is 2.26. The van der Waals surface area contributed by atoms with Crippen LogP contribution in [0, 0.1) is 0 Å². The molecule has 0 fully saturated rings. The molecule has 1 unspecified atom stereocenters. The number of hydrogen-bond donors (Lipinski definition) is 0. The monoisotopic (exact) mass is 345 g/mol. The van der Waals surface area contributed by atoms with E-state index in [4.69, 9.17) is 16.3 Å². The van der Waals surface area contributed by atoms with E-state index in [1.54, 1.807) is 42.3 Å². The van der Waals surface area contributed by atoms with Crippen LogP contribution in [0.3, 0.4) is 0 Å². The van der Waals surface area contributed by atoms with Crippen molar-refractivity contribution in [3.8, 4) is 5.75 Å². The Morgan fingerprint density at radius 1 is 1.17 bits per heavy atom. The van der Waals surface area contributed by atoms with Crippen molar-refractivity contribution < 1.29 is 14.3 Å². The maximum Gasteiger partial charge on any atom is 0.260 e. The van der Waals surface area contributed by atoms with Crippen LogP contribution in [0.4, 0.5) is 0 Å². The topological polar surface area (TPSA) is 46.6 Å². The third kappa shape index (κ3) is 4.59. The molecule has 2 aromatic carbocycles. The molecule has 0 bridgehead atoms. The van der Waals surface area contributed by atoms with E-state index in [1.807, 2.05) is 25.1 Å². The van der Waals surface area contributed by atoms with Crippen LogP contribution < -0.4 is 4.74 Å². The number of ether oxygens (including phenoxy) is 1. The van der Waals surface area contributed by atoms with Gasteiger partial charge in [-0.2, -0.15) is 0 Å². The quantitative estimate of drug-likeness (QED) is 0.739. The summed E-state index contributed by atoms with van der Waals surface area (Å²) in [5.41, 5.74) is 1.51. The van der Waals surface area contributed by atoms with Crippen molar-refractivity contribution in [1.29, 1.82) is 0 Å². The van der Waals surface area contributed by atoms with Crippen molar-refractivity contribution in [2.75, 3.05) is 13.7 Å². The van der Waals surface area contributed by atoms with Crippen molar-refractivity contribution in [3.05, 3.63) is 64.7 Å². The summed E-state index contributed by atoms with van der Waals surface area (Å²) in [6, 6.07) is 14.1. The highest BCUT2D eigenvalue weighted by molar-refractivity contribution is 6.30. The standard InChI is InChI=1S/C19H20ClNO3/c1-13(15-6-4-8-17(20)10-15)21(3)19(23)12-24-18-9-5-7-16(11-18)14(2)22/h4-11,13H,12H2,1-3H3. The van der Waals surface area contributed by atoms with Crippen molar-refractivity contribution >= 4 is 23.3 Å². The summed E-state index contributed by atoms with van der Waals surface area (Å²) in [4.78, 5) is 25.3. The van der Waals surface area contributed by atoms with E-state index < -0.39 is 0 Å². The van der Waals surface area contributed by atoms with Crippen molar-refractivity contribution in [1.82, 2.24) is 4.90 Å². The van der Waals surface area contributed by atoms with Gasteiger partial charge < -0.3 is 9.64 Å². The van der Waals surface area contributed by atoms with E-state index in [1.165, 1.54) is 6.92 Å². The molecule has 2 rings (SSSR count). The summed E-state index contributed by atoms with van der Waals surface area (Å²) in [5.74, 6) is 0.300. The molecule has 2 aromatic rings. The van der Waals surface area contributed by atoms with E-state index in [9.17, 15) is 9.59 Å². The molecule has 1 amide bonds. The third-order valence-electron chi connectivity index (χ3n) is 3.91. The highest BCUT2D eigenvalue weighted by Gasteiger charge is 2.18. The number of hydrogen-bond acceptors (Lipinski definition) is 3. The van der Waals surface area contributed by atoms with Gasteiger partial charge >= 0.3 is 0 Å². The van der Waals surface area contributed by atoms with Gasteiger partial charge in [-0.1, -0.05) is 35.9 Å². The molecule has 0 aromatic heterocycles. The SMILES string of the molecule is CC(=O)c1cccc(OCC(=O)N(C)C(C)c2cccc(Cl)c2)c1. The van der Waals surface area contributed by atoms with Gasteiger partial charge in [-0.3, -0.25) is 9.59 Å². The molecular weight excluding hydrogens is 326 g/mol. The number of carbonyl (C=O) groups is 2. The van der Waals surface area contributed by atoms with Gasteiger partial charge in [-0.15, -0.1) is 0 Å². The zero-order valence-electron chi connectivity index (χ0n) is 14.0. The lowest BCUT2D eigenvalue weighted by Gasteiger charge is -2.25. The maximum absolute atomic E-state index is 12.3. The summed E-state index contributed by atoms with van der Waals surface area (Å²) < 4.78 is 5.52. The molecule has 126 valence electrons. The summed E-state index contributed by atoms with van der Waals surface area (Å²) in [5, 5.41) is 0.637. The Morgan fingerprint density at radius 2 is 1.88 bits per heavy atom. The number of halogens is 1. The van der Waals surface area contributed by atoms with Gasteiger partial charge in [-0.05, 0) is 43.7 Å². The number of nitrogens with zero attached hydrogens (tertiary/aromatic N) is 1. The van der Waals surface area contributed by atoms with E-state index in [0.717, 1.165) is 5.56 Å². The zero-order chi connectivity index (χ0) is 17.7. The van der Waals surface area contributed by atoms with Gasteiger partial charge in [0.25, 0.3) is 5.91 Å². The average Bonchev–Trinajstić information content (AvgIpc) is 2.58. The Morgan fingerprint density at radius 3 is 2.54 bits per heavy atom. The molecule has 5 heteroatoms. The number of rotatable bonds is 6. The van der Waals surface area contributed by atoms with Crippen molar-refractivity contribution in [2.45, 2.75) is 19.9 Å². The van der Waals surface area contributed by atoms with Gasteiger partial charge in [-0.25, -0.2) is 0 Å². The van der Waals surface area contributed by atoms with E-state index in [2.05, 4.69) is 0 Å². The first-order valence-electron chi connectivity index (χ1n) is 7.63. The molecular formula is C19H20ClNO3. The number of amides is 1. The number of benzene rings is 2. The Kier molecular flexibility index (Phi) is 5.99. The second-order valence-electron chi connectivity index (χ2n) is 5.61. The zero-order valence-corrected chi connectivity index (χ0v) is 14.7. The number of carbonyl (C=O) groups excluding carboxylic acids is 2. The molecule has 0 aliphatic heterocycles. The van der Waals surface area contributed by atoms with Gasteiger partial charge in [0.2, 0.25) is 0 Å². The largest absolute Gasteiger partial charge is 0.484 e. The first-order chi connectivity index (χ1) is 11.4. The molecule has 0 heterocycles. The minimum Gasteiger partial charge on any atom is -0.484 e. The Hall–Kier alpha value is -2.33. The molecule has 0 aliphatic carbocycles. The van der Waals surface area contributed by atoms with Crippen molar-refractivity contribution in [2.24, 2.45) is 0 Å². The Balaban J connectivity index is 1.99. The summed E-state index contributed by atoms with van der Waals surface area (Å²) in [6.45, 7) is 3.33. The van der Waals surface area contributed by atoms with E-state index >= 15 is 0 Å². The normalized spacial score (nSPS) is 11.7. The lowest BCUT2D eigenvalue weighted by molar-refractivity contribution is -0.134. The van der Waals surface area contributed by atoms with Crippen LogP contribution in [-0.4, -0.2) is 30.2 Å². The second kappa shape index (κ2) is 7.97. The molecule has 4 nitrogen and oxygen atoms in total.